The Morgan fingerprint density at radius 3 is 2.65 bits per heavy atom. The second-order valence-electron chi connectivity index (χ2n) is 7.23. The Kier molecular flexibility index (Phi) is 6.28. The number of fused-ring (bicyclic) bond motifs is 1. The molecule has 3 heterocycles. The highest BCUT2D eigenvalue weighted by atomic mass is 32.2. The second kappa shape index (κ2) is 9.11. The molecule has 0 radical (unpaired) electrons. The third kappa shape index (κ3) is 4.31. The number of esters is 1. The smallest absolute Gasteiger partial charge is 0.308 e. The number of thiophene rings is 1. The maximum atomic E-state index is 12.9. The summed E-state index contributed by atoms with van der Waals surface area (Å²) in [4.78, 5) is 44.0. The number of hydrogen-bond acceptors (Lipinski definition) is 8. The van der Waals surface area contributed by atoms with E-state index in [2.05, 4.69) is 4.98 Å². The van der Waals surface area contributed by atoms with E-state index in [1.165, 1.54) is 18.4 Å². The van der Waals surface area contributed by atoms with Gasteiger partial charge in [0, 0.05) is 24.0 Å². The summed E-state index contributed by atoms with van der Waals surface area (Å²) in [5, 5.41) is 2.69. The third-order valence-corrected chi connectivity index (χ3v) is 7.21. The van der Waals surface area contributed by atoms with Crippen LogP contribution in [0.15, 0.2) is 45.7 Å². The number of rotatable bonds is 5. The van der Waals surface area contributed by atoms with Gasteiger partial charge in [-0.1, -0.05) is 42.1 Å². The summed E-state index contributed by atoms with van der Waals surface area (Å²) in [6.07, 6.45) is 1.18. The van der Waals surface area contributed by atoms with Crippen LogP contribution in [0.2, 0.25) is 0 Å². The van der Waals surface area contributed by atoms with Crippen molar-refractivity contribution >= 4 is 45.2 Å². The summed E-state index contributed by atoms with van der Waals surface area (Å²) in [6.45, 7) is 1.01. The largest absolute Gasteiger partial charge is 0.469 e. The van der Waals surface area contributed by atoms with Crippen LogP contribution in [-0.2, 0) is 14.3 Å². The quantitative estimate of drug-likeness (QED) is 0.271. The Labute approximate surface area is 187 Å². The molecular formula is C21H22N4O4S2. The molecule has 10 heteroatoms. The van der Waals surface area contributed by atoms with E-state index in [9.17, 15) is 14.4 Å². The molecule has 0 aliphatic carbocycles. The van der Waals surface area contributed by atoms with E-state index in [1.807, 2.05) is 35.7 Å². The molecule has 4 rings (SSSR count). The van der Waals surface area contributed by atoms with Crippen molar-refractivity contribution in [2.45, 2.75) is 18.0 Å². The summed E-state index contributed by atoms with van der Waals surface area (Å²) >= 11 is 2.53. The molecule has 162 valence electrons. The van der Waals surface area contributed by atoms with Crippen molar-refractivity contribution in [1.29, 1.82) is 0 Å². The molecular weight excluding hydrogens is 436 g/mol. The first-order chi connectivity index (χ1) is 15.0. The Balaban J connectivity index is 1.47. The SMILES string of the molecule is COC(=O)C1CCN(C(=O)CSc2nc3scc(-c4ccccc4)c3c(=O)n2N)CC1. The molecule has 1 saturated heterocycles. The molecule has 1 fully saturated rings. The van der Waals surface area contributed by atoms with Crippen LogP contribution in [0.3, 0.4) is 0 Å². The highest BCUT2D eigenvalue weighted by Gasteiger charge is 2.28. The Morgan fingerprint density at radius 1 is 1.26 bits per heavy atom. The number of amides is 1. The lowest BCUT2D eigenvalue weighted by Gasteiger charge is -2.30. The standard InChI is InChI=1S/C21H22N4O4S2/c1-29-20(28)14-7-9-24(10-8-14)16(26)12-31-21-23-18-17(19(27)25(21)22)15(11-30-18)13-5-3-2-4-6-13/h2-6,11,14H,7-10,12,22H2,1H3. The number of ether oxygens (including phenoxy) is 1. The van der Waals surface area contributed by atoms with Crippen LogP contribution in [0.1, 0.15) is 12.8 Å². The van der Waals surface area contributed by atoms with Crippen molar-refractivity contribution in [2.75, 3.05) is 31.8 Å². The van der Waals surface area contributed by atoms with E-state index < -0.39 is 0 Å². The van der Waals surface area contributed by atoms with Gasteiger partial charge in [0.15, 0.2) is 5.16 Å². The highest BCUT2D eigenvalue weighted by molar-refractivity contribution is 7.99. The molecule has 1 aliphatic heterocycles. The average Bonchev–Trinajstić information content (AvgIpc) is 3.24. The van der Waals surface area contributed by atoms with Gasteiger partial charge in [-0.05, 0) is 18.4 Å². The van der Waals surface area contributed by atoms with Gasteiger partial charge in [0.25, 0.3) is 5.56 Å². The van der Waals surface area contributed by atoms with E-state index >= 15 is 0 Å². The fourth-order valence-electron chi connectivity index (χ4n) is 3.67. The van der Waals surface area contributed by atoms with Crippen LogP contribution in [0.5, 0.6) is 0 Å². The number of carbonyl (C=O) groups is 2. The summed E-state index contributed by atoms with van der Waals surface area (Å²) in [5.74, 6) is 5.70. The summed E-state index contributed by atoms with van der Waals surface area (Å²) in [5.41, 5.74) is 1.40. The number of nitrogens with zero attached hydrogens (tertiary/aromatic N) is 3. The summed E-state index contributed by atoms with van der Waals surface area (Å²) < 4.78 is 5.80. The first-order valence-corrected chi connectivity index (χ1v) is 11.7. The number of aromatic nitrogens is 2. The van der Waals surface area contributed by atoms with Crippen LogP contribution in [-0.4, -0.2) is 52.4 Å². The molecule has 3 aromatic rings. The molecule has 0 atom stereocenters. The topological polar surface area (TPSA) is 108 Å². The Bertz CT molecular complexity index is 1170. The van der Waals surface area contributed by atoms with Crippen molar-refractivity contribution < 1.29 is 14.3 Å². The minimum atomic E-state index is -0.334. The molecule has 8 nitrogen and oxygen atoms in total. The minimum absolute atomic E-state index is 0.0705. The van der Waals surface area contributed by atoms with E-state index in [0.717, 1.165) is 27.6 Å². The molecule has 0 unspecified atom stereocenters. The zero-order chi connectivity index (χ0) is 22.0. The number of nitrogen functional groups attached to an aromatic ring is 1. The van der Waals surface area contributed by atoms with Gasteiger partial charge in [-0.2, -0.15) is 0 Å². The number of carbonyl (C=O) groups excluding carboxylic acids is 2. The van der Waals surface area contributed by atoms with Crippen LogP contribution in [0.4, 0.5) is 0 Å². The zero-order valence-corrected chi connectivity index (χ0v) is 18.6. The molecule has 31 heavy (non-hydrogen) atoms. The normalized spacial score (nSPS) is 14.7. The molecule has 2 N–H and O–H groups in total. The maximum Gasteiger partial charge on any atom is 0.308 e. The molecule has 2 aromatic heterocycles. The van der Waals surface area contributed by atoms with Gasteiger partial charge in [0.2, 0.25) is 5.91 Å². The van der Waals surface area contributed by atoms with Crippen molar-refractivity contribution in [3.8, 4) is 11.1 Å². The fraction of sp³-hybridized carbons (Fsp3) is 0.333. The van der Waals surface area contributed by atoms with Crippen molar-refractivity contribution in [3.63, 3.8) is 0 Å². The molecule has 1 aliphatic rings. The van der Waals surface area contributed by atoms with Gasteiger partial charge in [0.1, 0.15) is 4.83 Å². The first kappa shape index (κ1) is 21.4. The third-order valence-electron chi connectivity index (χ3n) is 5.40. The van der Waals surface area contributed by atoms with Crippen LogP contribution < -0.4 is 11.4 Å². The summed E-state index contributed by atoms with van der Waals surface area (Å²) in [6, 6.07) is 9.62. The highest BCUT2D eigenvalue weighted by Crippen LogP contribution is 2.31. The van der Waals surface area contributed by atoms with Gasteiger partial charge < -0.3 is 15.5 Å². The zero-order valence-electron chi connectivity index (χ0n) is 16.9. The minimum Gasteiger partial charge on any atom is -0.469 e. The average molecular weight is 459 g/mol. The van der Waals surface area contributed by atoms with Crippen molar-refractivity contribution in [1.82, 2.24) is 14.6 Å². The maximum absolute atomic E-state index is 12.9. The number of hydrogen-bond donors (Lipinski definition) is 1. The molecule has 1 aromatic carbocycles. The van der Waals surface area contributed by atoms with Crippen LogP contribution >= 0.6 is 23.1 Å². The number of benzene rings is 1. The number of thioether (sulfide) groups is 1. The van der Waals surface area contributed by atoms with E-state index in [-0.39, 0.29) is 29.1 Å². The number of piperidine rings is 1. The molecule has 0 saturated carbocycles. The van der Waals surface area contributed by atoms with E-state index in [4.69, 9.17) is 10.6 Å². The molecule has 0 spiro atoms. The lowest BCUT2D eigenvalue weighted by molar-refractivity contribution is -0.148. The molecule has 0 bridgehead atoms. The lowest BCUT2D eigenvalue weighted by atomic mass is 9.97. The number of likely N-dealkylation sites (tertiary alicyclic amines) is 1. The van der Waals surface area contributed by atoms with E-state index in [1.54, 1.807) is 4.90 Å². The van der Waals surface area contributed by atoms with Crippen LogP contribution in [0, 0.1) is 5.92 Å². The van der Waals surface area contributed by atoms with Crippen molar-refractivity contribution in [3.05, 3.63) is 46.1 Å². The number of methoxy groups -OCH3 is 1. The van der Waals surface area contributed by atoms with Gasteiger partial charge in [-0.15, -0.1) is 11.3 Å². The first-order valence-electron chi connectivity index (χ1n) is 9.82. The lowest BCUT2D eigenvalue weighted by Crippen LogP contribution is -2.41. The predicted octanol–water partition coefficient (Wildman–Crippen LogP) is 2.34. The van der Waals surface area contributed by atoms with Gasteiger partial charge in [-0.3, -0.25) is 14.4 Å². The van der Waals surface area contributed by atoms with Crippen LogP contribution in [0.25, 0.3) is 21.3 Å². The predicted molar refractivity (Wildman–Crippen MR) is 122 cm³/mol. The Morgan fingerprint density at radius 2 is 1.97 bits per heavy atom. The van der Waals surface area contributed by atoms with Crippen molar-refractivity contribution in [2.24, 2.45) is 5.92 Å². The molecule has 1 amide bonds. The van der Waals surface area contributed by atoms with Gasteiger partial charge in [0.05, 0.1) is 24.2 Å². The fourth-order valence-corrected chi connectivity index (χ4v) is 5.47. The van der Waals surface area contributed by atoms with E-state index in [0.29, 0.717) is 41.3 Å². The monoisotopic (exact) mass is 458 g/mol. The van der Waals surface area contributed by atoms with Gasteiger partial charge >= 0.3 is 5.97 Å². The second-order valence-corrected chi connectivity index (χ2v) is 9.03. The van der Waals surface area contributed by atoms with Gasteiger partial charge in [-0.25, -0.2) is 9.66 Å². The Hall–Kier alpha value is -2.85. The number of nitrogens with two attached hydrogens (primary N) is 1. The summed E-state index contributed by atoms with van der Waals surface area (Å²) in [7, 11) is 1.38.